The SMILES string of the molecule is CS(=O)c1ccc(-c2nc(N)c(-c3ccccc3)c(-c3ccc(S(C)=O)cc3)c2-c2ccccc2)cc1. The predicted octanol–water partition coefficient (Wildman–Crippen LogP) is 6.81. The largest absolute Gasteiger partial charge is 0.383 e. The molecule has 4 nitrogen and oxygen atoms in total. The van der Waals surface area contributed by atoms with Crippen LogP contribution in [0, 0.1) is 0 Å². The zero-order chi connectivity index (χ0) is 25.9. The van der Waals surface area contributed by atoms with Crippen molar-refractivity contribution in [1.29, 1.82) is 0 Å². The van der Waals surface area contributed by atoms with Crippen LogP contribution in [0.25, 0.3) is 44.6 Å². The molecule has 0 aliphatic heterocycles. The van der Waals surface area contributed by atoms with Crippen LogP contribution >= 0.6 is 0 Å². The molecule has 0 aliphatic rings. The molecule has 184 valence electrons. The van der Waals surface area contributed by atoms with E-state index < -0.39 is 21.6 Å². The lowest BCUT2D eigenvalue weighted by Crippen LogP contribution is -2.03. The summed E-state index contributed by atoms with van der Waals surface area (Å²) in [5, 5.41) is 0. The van der Waals surface area contributed by atoms with E-state index in [1.54, 1.807) is 12.5 Å². The van der Waals surface area contributed by atoms with Gasteiger partial charge in [0.2, 0.25) is 0 Å². The summed E-state index contributed by atoms with van der Waals surface area (Å²) in [6.07, 6.45) is 3.34. The number of nitrogen functional groups attached to an aromatic ring is 1. The molecule has 0 saturated carbocycles. The third-order valence-electron chi connectivity index (χ3n) is 6.28. The first kappa shape index (κ1) is 24.8. The summed E-state index contributed by atoms with van der Waals surface area (Å²) in [6, 6.07) is 35.6. The third-order valence-corrected chi connectivity index (χ3v) is 8.16. The fraction of sp³-hybridized carbons (Fsp3) is 0.0645. The van der Waals surface area contributed by atoms with E-state index >= 15 is 0 Å². The lowest BCUT2D eigenvalue weighted by Gasteiger charge is -2.21. The Kier molecular flexibility index (Phi) is 7.12. The average Bonchev–Trinajstić information content (AvgIpc) is 2.93. The Balaban J connectivity index is 1.89. The minimum atomic E-state index is -1.08. The molecule has 1 aromatic heterocycles. The van der Waals surface area contributed by atoms with E-state index in [1.165, 1.54) is 0 Å². The topological polar surface area (TPSA) is 73.1 Å². The van der Waals surface area contributed by atoms with Gasteiger partial charge in [-0.2, -0.15) is 0 Å². The Morgan fingerprint density at radius 1 is 0.514 bits per heavy atom. The summed E-state index contributed by atoms with van der Waals surface area (Å²) in [5.74, 6) is 0.419. The molecular formula is C31H26N2O2S2. The van der Waals surface area contributed by atoms with Crippen LogP contribution < -0.4 is 5.73 Å². The molecule has 6 heteroatoms. The maximum Gasteiger partial charge on any atom is 0.132 e. The van der Waals surface area contributed by atoms with Crippen molar-refractivity contribution in [1.82, 2.24) is 4.98 Å². The van der Waals surface area contributed by atoms with Crippen molar-refractivity contribution >= 4 is 27.4 Å². The minimum absolute atomic E-state index is 0.419. The van der Waals surface area contributed by atoms with Gasteiger partial charge in [-0.05, 0) is 41.0 Å². The van der Waals surface area contributed by atoms with E-state index in [-0.39, 0.29) is 0 Å². The summed E-state index contributed by atoms with van der Waals surface area (Å²) in [4.78, 5) is 6.47. The van der Waals surface area contributed by atoms with Crippen molar-refractivity contribution in [3.8, 4) is 44.6 Å². The van der Waals surface area contributed by atoms with Gasteiger partial charge in [0.25, 0.3) is 0 Å². The highest BCUT2D eigenvalue weighted by molar-refractivity contribution is 7.84. The molecule has 4 aromatic carbocycles. The van der Waals surface area contributed by atoms with E-state index in [2.05, 4.69) is 12.1 Å². The van der Waals surface area contributed by atoms with E-state index in [9.17, 15) is 8.42 Å². The monoisotopic (exact) mass is 522 g/mol. The summed E-state index contributed by atoms with van der Waals surface area (Å²) >= 11 is 0. The fourth-order valence-electron chi connectivity index (χ4n) is 4.50. The van der Waals surface area contributed by atoms with Crippen LogP contribution in [-0.2, 0) is 21.6 Å². The molecule has 37 heavy (non-hydrogen) atoms. The molecule has 5 aromatic rings. The van der Waals surface area contributed by atoms with Crippen LogP contribution in [-0.4, -0.2) is 25.9 Å². The van der Waals surface area contributed by atoms with Gasteiger partial charge in [0.05, 0.1) is 5.69 Å². The number of hydrogen-bond acceptors (Lipinski definition) is 4. The fourth-order valence-corrected chi connectivity index (χ4v) is 5.54. The predicted molar refractivity (Wildman–Crippen MR) is 155 cm³/mol. The van der Waals surface area contributed by atoms with Crippen LogP contribution in [0.2, 0.25) is 0 Å². The molecule has 0 saturated heterocycles. The van der Waals surface area contributed by atoms with Crippen molar-refractivity contribution in [2.75, 3.05) is 18.2 Å². The van der Waals surface area contributed by atoms with Gasteiger partial charge in [-0.1, -0.05) is 84.9 Å². The van der Waals surface area contributed by atoms with Crippen LogP contribution in [0.3, 0.4) is 0 Å². The molecule has 0 fully saturated rings. The maximum atomic E-state index is 12.1. The van der Waals surface area contributed by atoms with Gasteiger partial charge in [0.15, 0.2) is 0 Å². The molecule has 2 atom stereocenters. The number of benzene rings is 4. The molecule has 0 amide bonds. The van der Waals surface area contributed by atoms with Gasteiger partial charge in [0, 0.05) is 66.2 Å². The molecule has 2 unspecified atom stereocenters. The first-order chi connectivity index (χ1) is 17.9. The molecule has 0 bridgehead atoms. The highest BCUT2D eigenvalue weighted by atomic mass is 32.2. The Hall–Kier alpha value is -3.87. The number of anilines is 1. The Bertz CT molecular complexity index is 1600. The van der Waals surface area contributed by atoms with Gasteiger partial charge < -0.3 is 5.73 Å². The molecular weight excluding hydrogens is 496 g/mol. The summed E-state index contributed by atoms with van der Waals surface area (Å²) in [5.41, 5.74) is 14.0. The van der Waals surface area contributed by atoms with E-state index in [1.807, 2.05) is 97.1 Å². The number of pyridine rings is 1. The van der Waals surface area contributed by atoms with Crippen LogP contribution in [0.4, 0.5) is 5.82 Å². The number of hydrogen-bond donors (Lipinski definition) is 1. The second-order valence-corrected chi connectivity index (χ2v) is 11.4. The normalized spacial score (nSPS) is 12.7. The molecule has 0 aliphatic carbocycles. The van der Waals surface area contributed by atoms with Gasteiger partial charge in [-0.15, -0.1) is 0 Å². The van der Waals surface area contributed by atoms with Gasteiger partial charge in [0.1, 0.15) is 5.82 Å². The molecule has 0 spiro atoms. The maximum absolute atomic E-state index is 12.1. The van der Waals surface area contributed by atoms with E-state index in [0.717, 1.165) is 54.4 Å². The molecule has 5 rings (SSSR count). The quantitative estimate of drug-likeness (QED) is 0.266. The van der Waals surface area contributed by atoms with Crippen molar-refractivity contribution in [2.24, 2.45) is 0 Å². The average molecular weight is 523 g/mol. The highest BCUT2D eigenvalue weighted by Crippen LogP contribution is 2.47. The van der Waals surface area contributed by atoms with Crippen molar-refractivity contribution in [3.63, 3.8) is 0 Å². The third kappa shape index (κ3) is 5.03. The lowest BCUT2D eigenvalue weighted by molar-refractivity contribution is 0.686. The molecule has 2 N–H and O–H groups in total. The van der Waals surface area contributed by atoms with E-state index in [4.69, 9.17) is 10.7 Å². The summed E-state index contributed by atoms with van der Waals surface area (Å²) < 4.78 is 24.1. The lowest BCUT2D eigenvalue weighted by atomic mass is 9.85. The highest BCUT2D eigenvalue weighted by Gasteiger charge is 2.23. The van der Waals surface area contributed by atoms with Gasteiger partial charge >= 0.3 is 0 Å². The number of aromatic nitrogens is 1. The number of rotatable bonds is 6. The molecule has 0 radical (unpaired) electrons. The second kappa shape index (κ2) is 10.6. The minimum Gasteiger partial charge on any atom is -0.383 e. The van der Waals surface area contributed by atoms with E-state index in [0.29, 0.717) is 5.82 Å². The van der Waals surface area contributed by atoms with Crippen molar-refractivity contribution < 1.29 is 8.42 Å². The zero-order valence-corrected chi connectivity index (χ0v) is 22.2. The van der Waals surface area contributed by atoms with Gasteiger partial charge in [-0.25, -0.2) is 4.98 Å². The van der Waals surface area contributed by atoms with Crippen molar-refractivity contribution in [2.45, 2.75) is 9.79 Å². The first-order valence-electron chi connectivity index (χ1n) is 11.8. The standard InChI is InChI=1S/C31H26N2O2S2/c1-36(34)25-17-13-23(14-18-25)27-28(21-9-5-3-6-10-21)30(24-15-19-26(20-16-24)37(2)35)33-31(32)29(27)22-11-7-4-8-12-22/h3-20H,1-2H3,(H2,32,33). The van der Waals surface area contributed by atoms with Crippen molar-refractivity contribution in [3.05, 3.63) is 109 Å². The van der Waals surface area contributed by atoms with Crippen LogP contribution in [0.15, 0.2) is 119 Å². The summed E-state index contributed by atoms with van der Waals surface area (Å²) in [6.45, 7) is 0. The zero-order valence-electron chi connectivity index (χ0n) is 20.5. The van der Waals surface area contributed by atoms with Crippen LogP contribution in [0.5, 0.6) is 0 Å². The van der Waals surface area contributed by atoms with Crippen LogP contribution in [0.1, 0.15) is 0 Å². The second-order valence-electron chi connectivity index (χ2n) is 8.66. The Morgan fingerprint density at radius 3 is 1.38 bits per heavy atom. The number of nitrogens with zero attached hydrogens (tertiary/aromatic N) is 1. The van der Waals surface area contributed by atoms with Gasteiger partial charge in [-0.3, -0.25) is 8.42 Å². The first-order valence-corrected chi connectivity index (χ1v) is 14.9. The number of nitrogens with two attached hydrogens (primary N) is 1. The summed E-state index contributed by atoms with van der Waals surface area (Å²) in [7, 11) is -2.16. The smallest absolute Gasteiger partial charge is 0.132 e. The molecule has 1 heterocycles. The Labute approximate surface area is 222 Å². The Morgan fingerprint density at radius 2 is 0.919 bits per heavy atom.